The van der Waals surface area contributed by atoms with Crippen molar-refractivity contribution in [1.29, 1.82) is 0 Å². The van der Waals surface area contributed by atoms with Gasteiger partial charge in [0.05, 0.1) is 0 Å². The number of nitrogens with two attached hydrogens (primary N) is 1. The van der Waals surface area contributed by atoms with E-state index >= 15 is 0 Å². The molecule has 1 aromatic heterocycles. The van der Waals surface area contributed by atoms with E-state index in [4.69, 9.17) is 5.73 Å². The van der Waals surface area contributed by atoms with E-state index in [0.29, 0.717) is 5.13 Å². The zero-order chi connectivity index (χ0) is 8.48. The number of aromatic nitrogens is 2. The fraction of sp³-hybridized carbons (Fsp3) is 0.667. The summed E-state index contributed by atoms with van der Waals surface area (Å²) in [7, 11) is 0. The summed E-state index contributed by atoms with van der Waals surface area (Å²) in [6.45, 7) is 6.36. The van der Waals surface area contributed by atoms with Crippen LogP contribution in [-0.4, -0.2) is 14.1 Å². The summed E-state index contributed by atoms with van der Waals surface area (Å²) >= 11 is 2.87. The lowest BCUT2D eigenvalue weighted by Crippen LogP contribution is -2.07. The van der Waals surface area contributed by atoms with E-state index in [-0.39, 0.29) is 4.75 Å². The van der Waals surface area contributed by atoms with Crippen LogP contribution in [0.5, 0.6) is 0 Å². The van der Waals surface area contributed by atoms with Gasteiger partial charge in [0.25, 0.3) is 0 Å². The second-order valence-electron chi connectivity index (χ2n) is 3.13. The maximum Gasteiger partial charge on any atom is 0.202 e. The van der Waals surface area contributed by atoms with Crippen molar-refractivity contribution in [3.63, 3.8) is 0 Å². The van der Waals surface area contributed by atoms with Gasteiger partial charge in [-0.25, -0.2) is 0 Å². The van der Waals surface area contributed by atoms with Gasteiger partial charge in [-0.15, -0.1) is 0 Å². The minimum atomic E-state index is 0.160. The maximum absolute atomic E-state index is 5.43. The summed E-state index contributed by atoms with van der Waals surface area (Å²) in [5.41, 5.74) is 5.43. The fourth-order valence-electron chi connectivity index (χ4n) is 0.536. The Balaban J connectivity index is 2.65. The van der Waals surface area contributed by atoms with Gasteiger partial charge in [-0.3, -0.25) is 0 Å². The van der Waals surface area contributed by atoms with Crippen molar-refractivity contribution >= 4 is 28.4 Å². The zero-order valence-electron chi connectivity index (χ0n) is 6.79. The quantitative estimate of drug-likeness (QED) is 0.687. The molecule has 0 aliphatic carbocycles. The van der Waals surface area contributed by atoms with Crippen molar-refractivity contribution in [3.8, 4) is 0 Å². The number of hydrogen-bond acceptors (Lipinski definition) is 5. The molecule has 0 saturated carbocycles. The highest BCUT2D eigenvalue weighted by Gasteiger charge is 2.14. The average molecular weight is 189 g/mol. The van der Waals surface area contributed by atoms with Crippen LogP contribution < -0.4 is 5.73 Å². The fourth-order valence-corrected chi connectivity index (χ4v) is 1.89. The van der Waals surface area contributed by atoms with Crippen molar-refractivity contribution in [2.24, 2.45) is 0 Å². The molecule has 0 unspecified atom stereocenters. The van der Waals surface area contributed by atoms with Gasteiger partial charge < -0.3 is 5.73 Å². The van der Waals surface area contributed by atoms with Crippen molar-refractivity contribution in [3.05, 3.63) is 0 Å². The second kappa shape index (κ2) is 2.98. The number of thioether (sulfide) groups is 1. The van der Waals surface area contributed by atoms with E-state index < -0.39 is 0 Å². The minimum Gasteiger partial charge on any atom is -0.374 e. The molecule has 0 atom stereocenters. The molecule has 0 amide bonds. The van der Waals surface area contributed by atoms with Crippen LogP contribution in [0.15, 0.2) is 5.16 Å². The Morgan fingerprint density at radius 3 is 2.45 bits per heavy atom. The van der Waals surface area contributed by atoms with Gasteiger partial charge in [0.15, 0.2) is 0 Å². The summed E-state index contributed by atoms with van der Waals surface area (Å²) in [6, 6.07) is 0. The number of hydrogen-bond donors (Lipinski definition) is 1. The standard InChI is InChI=1S/C6H11N3S2/c1-6(2,3)10-5-8-4(7)11-9-5/h1-3H3,(H2,7,8,9). The van der Waals surface area contributed by atoms with Crippen LogP contribution in [0.4, 0.5) is 5.13 Å². The third-order valence-corrected chi connectivity index (χ3v) is 2.46. The molecule has 3 nitrogen and oxygen atoms in total. The van der Waals surface area contributed by atoms with Crippen LogP contribution in [0, 0.1) is 0 Å². The van der Waals surface area contributed by atoms with E-state index in [9.17, 15) is 0 Å². The molecule has 2 N–H and O–H groups in total. The first-order valence-electron chi connectivity index (χ1n) is 3.25. The molecule has 0 radical (unpaired) electrons. The van der Waals surface area contributed by atoms with E-state index in [0.717, 1.165) is 5.16 Å². The SMILES string of the molecule is CC(C)(C)Sc1nsc(N)n1. The molecule has 1 aromatic rings. The Morgan fingerprint density at radius 2 is 2.09 bits per heavy atom. The van der Waals surface area contributed by atoms with Crippen LogP contribution >= 0.6 is 23.3 Å². The molecule has 0 aromatic carbocycles. The first-order chi connectivity index (χ1) is 4.97. The maximum atomic E-state index is 5.43. The van der Waals surface area contributed by atoms with Crippen LogP contribution in [0.25, 0.3) is 0 Å². The topological polar surface area (TPSA) is 51.8 Å². The largest absolute Gasteiger partial charge is 0.374 e. The summed E-state index contributed by atoms with van der Waals surface area (Å²) in [5.74, 6) is 0. The number of anilines is 1. The lowest BCUT2D eigenvalue weighted by Gasteiger charge is -2.13. The lowest BCUT2D eigenvalue weighted by molar-refractivity contribution is 0.796. The van der Waals surface area contributed by atoms with Crippen molar-refractivity contribution < 1.29 is 0 Å². The Hall–Kier alpha value is -0.290. The Labute approximate surface area is 74.6 Å². The Kier molecular flexibility index (Phi) is 2.39. The Bertz CT molecular complexity index is 238. The molecule has 0 aliphatic heterocycles. The van der Waals surface area contributed by atoms with E-state index in [1.54, 1.807) is 11.8 Å². The molecule has 0 bridgehead atoms. The molecule has 0 saturated heterocycles. The van der Waals surface area contributed by atoms with Crippen LogP contribution in [0.1, 0.15) is 20.8 Å². The lowest BCUT2D eigenvalue weighted by atomic mass is 10.3. The first kappa shape index (κ1) is 8.80. The van der Waals surface area contributed by atoms with Gasteiger partial charge in [-0.2, -0.15) is 9.36 Å². The highest BCUT2D eigenvalue weighted by Crippen LogP contribution is 2.30. The van der Waals surface area contributed by atoms with Gasteiger partial charge in [0, 0.05) is 16.3 Å². The van der Waals surface area contributed by atoms with Crippen molar-refractivity contribution in [1.82, 2.24) is 9.36 Å². The van der Waals surface area contributed by atoms with Gasteiger partial charge in [-0.05, 0) is 0 Å². The number of rotatable bonds is 1. The van der Waals surface area contributed by atoms with Crippen LogP contribution in [0.2, 0.25) is 0 Å². The predicted molar refractivity (Wildman–Crippen MR) is 49.9 cm³/mol. The molecule has 0 spiro atoms. The van der Waals surface area contributed by atoms with Crippen molar-refractivity contribution in [2.75, 3.05) is 5.73 Å². The van der Waals surface area contributed by atoms with E-state index in [1.807, 2.05) is 0 Å². The van der Waals surface area contributed by atoms with Gasteiger partial charge in [0.1, 0.15) is 0 Å². The smallest absolute Gasteiger partial charge is 0.202 e. The first-order valence-corrected chi connectivity index (χ1v) is 4.84. The Morgan fingerprint density at radius 1 is 1.45 bits per heavy atom. The van der Waals surface area contributed by atoms with E-state index in [1.165, 1.54) is 11.5 Å². The van der Waals surface area contributed by atoms with Gasteiger partial charge in [-0.1, -0.05) is 32.5 Å². The molecule has 1 heterocycles. The summed E-state index contributed by atoms with van der Waals surface area (Å²) in [4.78, 5) is 4.04. The normalized spacial score (nSPS) is 11.9. The molecule has 1 rings (SSSR count). The molecule has 5 heteroatoms. The number of nitrogen functional groups attached to an aromatic ring is 1. The highest BCUT2D eigenvalue weighted by molar-refractivity contribution is 8.00. The molecule has 62 valence electrons. The van der Waals surface area contributed by atoms with Crippen molar-refractivity contribution in [2.45, 2.75) is 30.7 Å². The van der Waals surface area contributed by atoms with E-state index in [2.05, 4.69) is 30.1 Å². The molecular formula is C6H11N3S2. The molecule has 11 heavy (non-hydrogen) atoms. The van der Waals surface area contributed by atoms with Crippen LogP contribution in [0.3, 0.4) is 0 Å². The highest BCUT2D eigenvalue weighted by atomic mass is 32.2. The van der Waals surface area contributed by atoms with Gasteiger partial charge in [0.2, 0.25) is 10.3 Å². The molecule has 0 aliphatic rings. The third-order valence-electron chi connectivity index (χ3n) is 0.821. The summed E-state index contributed by atoms with van der Waals surface area (Å²) < 4.78 is 4.23. The van der Waals surface area contributed by atoms with Crippen LogP contribution in [-0.2, 0) is 0 Å². The second-order valence-corrected chi connectivity index (χ2v) is 5.71. The van der Waals surface area contributed by atoms with Gasteiger partial charge >= 0.3 is 0 Å². The third kappa shape index (κ3) is 3.07. The summed E-state index contributed by atoms with van der Waals surface area (Å²) in [5, 5.41) is 1.32. The molecule has 0 fully saturated rings. The molecular weight excluding hydrogens is 178 g/mol. The number of nitrogens with zero attached hydrogens (tertiary/aromatic N) is 2. The monoisotopic (exact) mass is 189 g/mol. The zero-order valence-corrected chi connectivity index (χ0v) is 8.42. The minimum absolute atomic E-state index is 0.160. The predicted octanol–water partition coefficient (Wildman–Crippen LogP) is 2.01. The average Bonchev–Trinajstić information content (AvgIpc) is 2.10. The summed E-state index contributed by atoms with van der Waals surface area (Å²) in [6.07, 6.45) is 0.